The third kappa shape index (κ3) is 2.27. The van der Waals surface area contributed by atoms with Crippen LogP contribution in [0.4, 0.5) is 0 Å². The molecule has 0 aromatic carbocycles. The van der Waals surface area contributed by atoms with E-state index < -0.39 is 0 Å². The zero-order valence-corrected chi connectivity index (χ0v) is 6.88. The zero-order chi connectivity index (χ0) is 8.32. The normalized spacial score (nSPS) is 37.5. The van der Waals surface area contributed by atoms with Gasteiger partial charge in [0.25, 0.3) is 0 Å². The van der Waals surface area contributed by atoms with Crippen molar-refractivity contribution in [2.45, 2.75) is 37.8 Å². The quantitative estimate of drug-likeness (QED) is 0.606. The summed E-state index contributed by atoms with van der Waals surface area (Å²) in [5.74, 6) is 0. The van der Waals surface area contributed by atoms with Crippen molar-refractivity contribution >= 4 is 6.29 Å². The highest BCUT2D eigenvalue weighted by atomic mass is 16.5. The van der Waals surface area contributed by atoms with Gasteiger partial charge in [-0.1, -0.05) is 0 Å². The van der Waals surface area contributed by atoms with Gasteiger partial charge in [-0.15, -0.1) is 0 Å². The second kappa shape index (κ2) is 3.32. The van der Waals surface area contributed by atoms with E-state index in [9.17, 15) is 4.79 Å². The summed E-state index contributed by atoms with van der Waals surface area (Å²) in [5.41, 5.74) is 5.72. The molecule has 1 aliphatic rings. The van der Waals surface area contributed by atoms with E-state index in [1.165, 1.54) is 0 Å². The molecule has 1 rings (SSSR count). The lowest BCUT2D eigenvalue weighted by molar-refractivity contribution is -0.108. The Balaban J connectivity index is 2.35. The van der Waals surface area contributed by atoms with E-state index in [1.54, 1.807) is 0 Å². The number of hydrogen-bond acceptors (Lipinski definition) is 3. The molecule has 0 amide bonds. The first-order valence-corrected chi connectivity index (χ1v) is 4.00. The smallest absolute Gasteiger partial charge is 0.120 e. The lowest BCUT2D eigenvalue weighted by Crippen LogP contribution is -2.40. The Morgan fingerprint density at radius 1 is 1.82 bits per heavy atom. The number of carbonyl (C=O) groups excluding carboxylic acids is 1. The number of nitrogens with two attached hydrogens (primary N) is 1. The molecule has 1 saturated heterocycles. The predicted molar refractivity (Wildman–Crippen MR) is 42.2 cm³/mol. The van der Waals surface area contributed by atoms with Crippen LogP contribution in [0.15, 0.2) is 0 Å². The highest BCUT2D eigenvalue weighted by Crippen LogP contribution is 2.25. The predicted octanol–water partition coefficient (Wildman–Crippen LogP) is 0.472. The van der Waals surface area contributed by atoms with Crippen molar-refractivity contribution in [3.63, 3.8) is 0 Å². The second-order valence-electron chi connectivity index (χ2n) is 3.39. The highest BCUT2D eigenvalue weighted by molar-refractivity contribution is 5.49. The Labute approximate surface area is 66.9 Å². The maximum Gasteiger partial charge on any atom is 0.120 e. The van der Waals surface area contributed by atoms with Gasteiger partial charge in [0.05, 0.1) is 12.7 Å². The van der Waals surface area contributed by atoms with Crippen molar-refractivity contribution in [1.82, 2.24) is 0 Å². The molecule has 1 fully saturated rings. The molecular weight excluding hydrogens is 142 g/mol. The summed E-state index contributed by atoms with van der Waals surface area (Å²) in [6.07, 6.45) is 3.35. The first kappa shape index (κ1) is 8.68. The van der Waals surface area contributed by atoms with Crippen LogP contribution in [0.5, 0.6) is 0 Å². The summed E-state index contributed by atoms with van der Waals surface area (Å²) in [7, 11) is 0. The van der Waals surface area contributed by atoms with Gasteiger partial charge in [0.2, 0.25) is 0 Å². The van der Waals surface area contributed by atoms with E-state index >= 15 is 0 Å². The molecule has 1 aliphatic heterocycles. The summed E-state index contributed by atoms with van der Waals surface area (Å²) < 4.78 is 5.32. The maximum atomic E-state index is 10.1. The molecule has 0 saturated carbocycles. The van der Waals surface area contributed by atoms with Crippen LogP contribution in [-0.4, -0.2) is 24.5 Å². The average molecular weight is 157 g/mol. The first-order valence-electron chi connectivity index (χ1n) is 4.00. The molecule has 2 atom stereocenters. The molecule has 0 spiro atoms. The molecule has 0 bridgehead atoms. The lowest BCUT2D eigenvalue weighted by atomic mass is 9.92. The first-order chi connectivity index (χ1) is 5.16. The van der Waals surface area contributed by atoms with Gasteiger partial charge in [-0.2, -0.15) is 0 Å². The minimum absolute atomic E-state index is 0.236. The molecule has 11 heavy (non-hydrogen) atoms. The number of hydrogen-bond donors (Lipinski definition) is 1. The van der Waals surface area contributed by atoms with Gasteiger partial charge < -0.3 is 15.3 Å². The van der Waals surface area contributed by atoms with Gasteiger partial charge >= 0.3 is 0 Å². The molecule has 2 unspecified atom stereocenters. The SMILES string of the molecule is CC1CC(N)(CCC=O)CO1. The van der Waals surface area contributed by atoms with Gasteiger partial charge in [-0.3, -0.25) is 0 Å². The van der Waals surface area contributed by atoms with Gasteiger partial charge in [0.1, 0.15) is 6.29 Å². The van der Waals surface area contributed by atoms with Gasteiger partial charge in [-0.25, -0.2) is 0 Å². The van der Waals surface area contributed by atoms with E-state index in [-0.39, 0.29) is 11.6 Å². The Morgan fingerprint density at radius 3 is 3.00 bits per heavy atom. The van der Waals surface area contributed by atoms with Crippen LogP contribution in [0, 0.1) is 0 Å². The third-order valence-electron chi connectivity index (χ3n) is 2.11. The average Bonchev–Trinajstić information content (AvgIpc) is 2.28. The van der Waals surface area contributed by atoms with E-state index in [2.05, 4.69) is 0 Å². The summed E-state index contributed by atoms with van der Waals surface area (Å²) in [6, 6.07) is 0. The summed E-state index contributed by atoms with van der Waals surface area (Å²) in [5, 5.41) is 0. The van der Waals surface area contributed by atoms with Crippen LogP contribution >= 0.6 is 0 Å². The summed E-state index contributed by atoms with van der Waals surface area (Å²) in [4.78, 5) is 10.1. The molecule has 3 heteroatoms. The van der Waals surface area contributed by atoms with E-state index in [1.807, 2.05) is 6.92 Å². The topological polar surface area (TPSA) is 52.3 Å². The fourth-order valence-corrected chi connectivity index (χ4v) is 1.52. The van der Waals surface area contributed by atoms with Crippen LogP contribution in [-0.2, 0) is 9.53 Å². The minimum Gasteiger partial charge on any atom is -0.377 e. The van der Waals surface area contributed by atoms with Crippen LogP contribution in [0.1, 0.15) is 26.2 Å². The fraction of sp³-hybridized carbons (Fsp3) is 0.875. The van der Waals surface area contributed by atoms with Gasteiger partial charge in [0, 0.05) is 12.0 Å². The molecule has 0 radical (unpaired) electrons. The van der Waals surface area contributed by atoms with E-state index in [4.69, 9.17) is 10.5 Å². The maximum absolute atomic E-state index is 10.1. The Bertz CT molecular complexity index is 149. The van der Waals surface area contributed by atoms with Gasteiger partial charge in [0.15, 0.2) is 0 Å². The van der Waals surface area contributed by atoms with Gasteiger partial charge in [-0.05, 0) is 19.8 Å². The lowest BCUT2D eigenvalue weighted by Gasteiger charge is -2.19. The van der Waals surface area contributed by atoms with Crippen molar-refractivity contribution < 1.29 is 9.53 Å². The van der Waals surface area contributed by atoms with Crippen molar-refractivity contribution in [2.24, 2.45) is 5.73 Å². The van der Waals surface area contributed by atoms with Crippen molar-refractivity contribution in [3.8, 4) is 0 Å². The third-order valence-corrected chi connectivity index (χ3v) is 2.11. The minimum atomic E-state index is -0.236. The van der Waals surface area contributed by atoms with Crippen molar-refractivity contribution in [3.05, 3.63) is 0 Å². The van der Waals surface area contributed by atoms with Crippen LogP contribution in [0.2, 0.25) is 0 Å². The molecule has 0 aromatic heterocycles. The molecule has 2 N–H and O–H groups in total. The highest BCUT2D eigenvalue weighted by Gasteiger charge is 2.33. The monoisotopic (exact) mass is 157 g/mol. The molecule has 64 valence electrons. The molecule has 3 nitrogen and oxygen atoms in total. The van der Waals surface area contributed by atoms with Crippen LogP contribution < -0.4 is 5.73 Å². The van der Waals surface area contributed by atoms with E-state index in [0.29, 0.717) is 13.0 Å². The molecule has 0 aliphatic carbocycles. The summed E-state index contributed by atoms with van der Waals surface area (Å²) >= 11 is 0. The molecular formula is C8H15NO2. The zero-order valence-electron chi connectivity index (χ0n) is 6.88. The molecule has 0 aromatic rings. The van der Waals surface area contributed by atoms with Crippen LogP contribution in [0.25, 0.3) is 0 Å². The van der Waals surface area contributed by atoms with Crippen molar-refractivity contribution in [2.75, 3.05) is 6.61 Å². The Kier molecular flexibility index (Phi) is 2.62. The Hall–Kier alpha value is -0.410. The second-order valence-corrected chi connectivity index (χ2v) is 3.39. The van der Waals surface area contributed by atoms with Crippen LogP contribution in [0.3, 0.4) is 0 Å². The number of rotatable bonds is 3. The number of aldehydes is 1. The Morgan fingerprint density at radius 2 is 2.55 bits per heavy atom. The standard InChI is InChI=1S/C8H15NO2/c1-7-5-8(9,6-11-7)3-2-4-10/h4,7H,2-3,5-6,9H2,1H3. The molecule has 1 heterocycles. The van der Waals surface area contributed by atoms with Crippen molar-refractivity contribution in [1.29, 1.82) is 0 Å². The number of carbonyl (C=O) groups is 1. The van der Waals surface area contributed by atoms with E-state index in [0.717, 1.165) is 19.1 Å². The number of ether oxygens (including phenoxy) is 1. The fourth-order valence-electron chi connectivity index (χ4n) is 1.52. The summed E-state index contributed by atoms with van der Waals surface area (Å²) in [6.45, 7) is 2.61. The largest absolute Gasteiger partial charge is 0.377 e.